The van der Waals surface area contributed by atoms with Gasteiger partial charge in [0, 0.05) is 12.7 Å². The van der Waals surface area contributed by atoms with E-state index in [-0.39, 0.29) is 5.56 Å². The Balaban J connectivity index is 2.53. The number of aromatic carboxylic acids is 1. The molecule has 0 aliphatic heterocycles. The molecule has 1 rings (SSSR count). The highest BCUT2D eigenvalue weighted by atomic mass is 16.4. The summed E-state index contributed by atoms with van der Waals surface area (Å²) >= 11 is 0. The van der Waals surface area contributed by atoms with Crippen molar-refractivity contribution in [1.82, 2.24) is 19.8 Å². The first-order chi connectivity index (χ1) is 8.50. The predicted molar refractivity (Wildman–Crippen MR) is 68.5 cm³/mol. The lowest BCUT2D eigenvalue weighted by Crippen LogP contribution is -2.24. The second-order valence-corrected chi connectivity index (χ2v) is 4.58. The Hall–Kier alpha value is -1.53. The van der Waals surface area contributed by atoms with Crippen LogP contribution >= 0.6 is 0 Å². The quantitative estimate of drug-likeness (QED) is 0.764. The van der Waals surface area contributed by atoms with E-state index < -0.39 is 5.97 Å². The minimum atomic E-state index is -0.979. The van der Waals surface area contributed by atoms with E-state index in [0.29, 0.717) is 12.2 Å². The van der Waals surface area contributed by atoms with Crippen LogP contribution in [0.4, 0.5) is 0 Å². The maximum atomic E-state index is 11.0. The molecule has 6 nitrogen and oxygen atoms in total. The van der Waals surface area contributed by atoms with Gasteiger partial charge in [0.1, 0.15) is 11.9 Å². The Bertz CT molecular complexity index is 395. The van der Waals surface area contributed by atoms with E-state index in [1.807, 2.05) is 21.1 Å². The zero-order valence-electron chi connectivity index (χ0n) is 11.1. The van der Waals surface area contributed by atoms with Crippen molar-refractivity contribution in [1.29, 1.82) is 0 Å². The van der Waals surface area contributed by atoms with E-state index in [2.05, 4.69) is 19.8 Å². The minimum absolute atomic E-state index is 0.178. The average Bonchev–Trinajstić information content (AvgIpc) is 2.28. The molecule has 0 saturated carbocycles. The van der Waals surface area contributed by atoms with Gasteiger partial charge >= 0.3 is 5.97 Å². The van der Waals surface area contributed by atoms with Gasteiger partial charge in [0.2, 0.25) is 0 Å². The van der Waals surface area contributed by atoms with Gasteiger partial charge < -0.3 is 14.9 Å². The summed E-state index contributed by atoms with van der Waals surface area (Å²) in [6.07, 6.45) is 3.77. The summed E-state index contributed by atoms with van der Waals surface area (Å²) in [6, 6.07) is 0. The van der Waals surface area contributed by atoms with Gasteiger partial charge in [-0.1, -0.05) is 0 Å². The number of aromatic nitrogens is 2. The molecule has 18 heavy (non-hydrogen) atoms. The van der Waals surface area contributed by atoms with E-state index in [1.54, 1.807) is 0 Å². The smallest absolute Gasteiger partial charge is 0.339 e. The fourth-order valence-electron chi connectivity index (χ4n) is 1.65. The molecule has 0 unspecified atom stereocenters. The zero-order chi connectivity index (χ0) is 13.5. The van der Waals surface area contributed by atoms with Gasteiger partial charge in [-0.05, 0) is 40.7 Å². The van der Waals surface area contributed by atoms with Gasteiger partial charge in [0.15, 0.2) is 0 Å². The van der Waals surface area contributed by atoms with E-state index in [9.17, 15) is 4.79 Å². The zero-order valence-corrected chi connectivity index (χ0v) is 11.1. The molecule has 100 valence electrons. The molecule has 0 aromatic carbocycles. The summed E-state index contributed by atoms with van der Waals surface area (Å²) in [7, 11) is 6.03. The molecule has 1 aromatic rings. The number of carbonyl (C=O) groups is 1. The summed E-state index contributed by atoms with van der Waals surface area (Å²) in [5.74, 6) is -0.979. The lowest BCUT2D eigenvalue weighted by molar-refractivity contribution is 0.0693. The van der Waals surface area contributed by atoms with Crippen molar-refractivity contribution in [3.63, 3.8) is 0 Å². The third-order valence-electron chi connectivity index (χ3n) is 2.59. The second kappa shape index (κ2) is 7.03. The van der Waals surface area contributed by atoms with Gasteiger partial charge in [-0.25, -0.2) is 14.8 Å². The van der Waals surface area contributed by atoms with Gasteiger partial charge in [0.05, 0.1) is 5.69 Å². The first kappa shape index (κ1) is 14.5. The van der Waals surface area contributed by atoms with E-state index in [0.717, 1.165) is 19.5 Å². The van der Waals surface area contributed by atoms with Crippen LogP contribution in [-0.4, -0.2) is 65.1 Å². The summed E-state index contributed by atoms with van der Waals surface area (Å²) in [4.78, 5) is 23.0. The van der Waals surface area contributed by atoms with Crippen LogP contribution < -0.4 is 0 Å². The Morgan fingerprint density at radius 3 is 2.67 bits per heavy atom. The van der Waals surface area contributed by atoms with Gasteiger partial charge in [-0.2, -0.15) is 0 Å². The van der Waals surface area contributed by atoms with Crippen molar-refractivity contribution in [3.05, 3.63) is 23.8 Å². The Labute approximate surface area is 107 Å². The van der Waals surface area contributed by atoms with Crippen molar-refractivity contribution >= 4 is 5.97 Å². The summed E-state index contributed by atoms with van der Waals surface area (Å²) < 4.78 is 0. The topological polar surface area (TPSA) is 69.6 Å². The maximum Gasteiger partial charge on any atom is 0.339 e. The number of hydrogen-bond acceptors (Lipinski definition) is 5. The highest BCUT2D eigenvalue weighted by Gasteiger charge is 2.12. The highest BCUT2D eigenvalue weighted by Crippen LogP contribution is 2.06. The van der Waals surface area contributed by atoms with Gasteiger partial charge in [-0.15, -0.1) is 0 Å². The minimum Gasteiger partial charge on any atom is -0.478 e. The molecular weight excluding hydrogens is 232 g/mol. The van der Waals surface area contributed by atoms with Gasteiger partial charge in [0.25, 0.3) is 0 Å². The Kier molecular flexibility index (Phi) is 5.67. The summed E-state index contributed by atoms with van der Waals surface area (Å²) in [5, 5.41) is 9.02. The molecular formula is C12H20N4O2. The van der Waals surface area contributed by atoms with Crippen LogP contribution in [0, 0.1) is 0 Å². The van der Waals surface area contributed by atoms with Crippen molar-refractivity contribution < 1.29 is 9.90 Å². The normalized spacial score (nSPS) is 11.2. The SMILES string of the molecule is CN(C)CCCN(C)Cc1ncncc1C(=O)O. The number of rotatable bonds is 7. The highest BCUT2D eigenvalue weighted by molar-refractivity contribution is 5.88. The van der Waals surface area contributed by atoms with E-state index in [4.69, 9.17) is 5.11 Å². The molecule has 1 aromatic heterocycles. The standard InChI is InChI=1S/C12H20N4O2/c1-15(2)5-4-6-16(3)8-11-10(12(17)18)7-13-9-14-11/h7,9H,4-6,8H2,1-3H3,(H,17,18). The molecule has 0 bridgehead atoms. The van der Waals surface area contributed by atoms with Crippen molar-refractivity contribution in [3.8, 4) is 0 Å². The molecule has 0 aliphatic rings. The fourth-order valence-corrected chi connectivity index (χ4v) is 1.65. The maximum absolute atomic E-state index is 11.0. The molecule has 0 amide bonds. The largest absolute Gasteiger partial charge is 0.478 e. The van der Waals surface area contributed by atoms with Crippen LogP contribution in [0.25, 0.3) is 0 Å². The first-order valence-electron chi connectivity index (χ1n) is 5.86. The monoisotopic (exact) mass is 252 g/mol. The van der Waals surface area contributed by atoms with Crippen molar-refractivity contribution in [2.24, 2.45) is 0 Å². The number of nitrogens with zero attached hydrogens (tertiary/aromatic N) is 4. The third-order valence-corrected chi connectivity index (χ3v) is 2.59. The van der Waals surface area contributed by atoms with Crippen LogP contribution in [-0.2, 0) is 6.54 Å². The Morgan fingerprint density at radius 2 is 2.06 bits per heavy atom. The number of carboxylic acids is 1. The number of carboxylic acid groups (broad SMARTS) is 1. The lowest BCUT2D eigenvalue weighted by atomic mass is 10.2. The van der Waals surface area contributed by atoms with Crippen LogP contribution in [0.5, 0.6) is 0 Å². The Morgan fingerprint density at radius 1 is 1.33 bits per heavy atom. The van der Waals surface area contributed by atoms with Crippen LogP contribution in [0.15, 0.2) is 12.5 Å². The van der Waals surface area contributed by atoms with Crippen LogP contribution in [0.2, 0.25) is 0 Å². The third kappa shape index (κ3) is 4.77. The fraction of sp³-hybridized carbons (Fsp3) is 0.583. The van der Waals surface area contributed by atoms with Gasteiger partial charge in [-0.3, -0.25) is 0 Å². The molecule has 0 spiro atoms. The number of hydrogen-bond donors (Lipinski definition) is 1. The van der Waals surface area contributed by atoms with Crippen LogP contribution in [0.3, 0.4) is 0 Å². The average molecular weight is 252 g/mol. The molecule has 0 saturated heterocycles. The molecule has 1 N–H and O–H groups in total. The lowest BCUT2D eigenvalue weighted by Gasteiger charge is -2.18. The van der Waals surface area contributed by atoms with E-state index in [1.165, 1.54) is 12.5 Å². The molecule has 6 heteroatoms. The van der Waals surface area contributed by atoms with Crippen molar-refractivity contribution in [2.75, 3.05) is 34.2 Å². The molecule has 1 heterocycles. The van der Waals surface area contributed by atoms with E-state index >= 15 is 0 Å². The van der Waals surface area contributed by atoms with Crippen molar-refractivity contribution in [2.45, 2.75) is 13.0 Å². The predicted octanol–water partition coefficient (Wildman–Crippen LogP) is 0.558. The second-order valence-electron chi connectivity index (χ2n) is 4.58. The molecule has 0 radical (unpaired) electrons. The first-order valence-corrected chi connectivity index (χ1v) is 5.86. The van der Waals surface area contributed by atoms with Crippen LogP contribution in [0.1, 0.15) is 22.5 Å². The molecule has 0 fully saturated rings. The molecule has 0 aliphatic carbocycles. The summed E-state index contributed by atoms with van der Waals surface area (Å²) in [5.41, 5.74) is 0.738. The molecule has 0 atom stereocenters. The summed E-state index contributed by atoms with van der Waals surface area (Å²) in [6.45, 7) is 2.44.